The van der Waals surface area contributed by atoms with Gasteiger partial charge in [0, 0.05) is 11.8 Å². The molecule has 0 bridgehead atoms. The number of aromatic nitrogens is 1. The van der Waals surface area contributed by atoms with Gasteiger partial charge in [0.25, 0.3) is 0 Å². The highest BCUT2D eigenvalue weighted by atomic mass is 14.8. The number of hydrogen-bond donors (Lipinski definition) is 1. The molecule has 16 heavy (non-hydrogen) atoms. The Balaban J connectivity index is 2.34. The maximum Gasteiger partial charge on any atom is 0.127 e. The van der Waals surface area contributed by atoms with E-state index in [4.69, 9.17) is 5.73 Å². The molecule has 0 spiro atoms. The topological polar surface area (TPSA) is 38.9 Å². The summed E-state index contributed by atoms with van der Waals surface area (Å²) in [6.07, 6.45) is 8.45. The molecule has 2 heteroatoms. The van der Waals surface area contributed by atoms with E-state index in [9.17, 15) is 0 Å². The molecule has 1 saturated carbocycles. The molecule has 2 nitrogen and oxygen atoms in total. The van der Waals surface area contributed by atoms with Crippen LogP contribution >= 0.6 is 0 Å². The zero-order chi connectivity index (χ0) is 11.5. The molecule has 0 amide bonds. The first kappa shape index (κ1) is 11.4. The Kier molecular flexibility index (Phi) is 3.47. The SMILES string of the molecule is CCC1CCCCC1c1c(C)ccnc1N. The normalized spacial score (nSPS) is 25.6. The molecule has 2 N–H and O–H groups in total. The number of nitrogens with zero attached hydrogens (tertiary/aromatic N) is 1. The summed E-state index contributed by atoms with van der Waals surface area (Å²) in [4.78, 5) is 4.26. The van der Waals surface area contributed by atoms with Gasteiger partial charge in [0.05, 0.1) is 0 Å². The summed E-state index contributed by atoms with van der Waals surface area (Å²) in [5.74, 6) is 2.21. The number of hydrogen-bond acceptors (Lipinski definition) is 2. The summed E-state index contributed by atoms with van der Waals surface area (Å²) in [5.41, 5.74) is 8.70. The Morgan fingerprint density at radius 2 is 2.12 bits per heavy atom. The minimum absolute atomic E-state index is 0.646. The van der Waals surface area contributed by atoms with Gasteiger partial charge in [-0.3, -0.25) is 0 Å². The highest BCUT2D eigenvalue weighted by molar-refractivity contribution is 5.46. The number of nitrogens with two attached hydrogens (primary N) is 1. The number of pyridine rings is 1. The molecule has 0 radical (unpaired) electrons. The molecule has 2 atom stereocenters. The van der Waals surface area contributed by atoms with E-state index in [0.717, 1.165) is 11.7 Å². The molecular formula is C14H22N2. The van der Waals surface area contributed by atoms with Crippen LogP contribution in [0, 0.1) is 12.8 Å². The van der Waals surface area contributed by atoms with Crippen molar-refractivity contribution in [2.75, 3.05) is 5.73 Å². The van der Waals surface area contributed by atoms with Crippen molar-refractivity contribution < 1.29 is 0 Å². The molecule has 2 unspecified atom stereocenters. The highest BCUT2D eigenvalue weighted by Crippen LogP contribution is 2.42. The predicted molar refractivity (Wildman–Crippen MR) is 68.4 cm³/mol. The van der Waals surface area contributed by atoms with Gasteiger partial charge in [0.1, 0.15) is 5.82 Å². The molecular weight excluding hydrogens is 196 g/mol. The average molecular weight is 218 g/mol. The standard InChI is InChI=1S/C14H22N2/c1-3-11-6-4-5-7-12(11)13-10(2)8-9-16-14(13)15/h8-9,11-12H,3-7H2,1-2H3,(H2,15,16). The molecule has 1 aromatic heterocycles. The fourth-order valence-electron chi connectivity index (χ4n) is 3.15. The van der Waals surface area contributed by atoms with Crippen molar-refractivity contribution >= 4 is 5.82 Å². The molecule has 1 heterocycles. The zero-order valence-corrected chi connectivity index (χ0v) is 10.4. The Morgan fingerprint density at radius 1 is 1.38 bits per heavy atom. The van der Waals surface area contributed by atoms with Crippen LogP contribution in [-0.2, 0) is 0 Å². The number of rotatable bonds is 2. The first-order chi connectivity index (χ1) is 7.74. The van der Waals surface area contributed by atoms with Gasteiger partial charge in [-0.05, 0) is 43.2 Å². The van der Waals surface area contributed by atoms with Crippen LogP contribution in [0.1, 0.15) is 56.1 Å². The van der Waals surface area contributed by atoms with E-state index in [1.54, 1.807) is 0 Å². The molecule has 88 valence electrons. The van der Waals surface area contributed by atoms with E-state index >= 15 is 0 Å². The Morgan fingerprint density at radius 3 is 2.81 bits per heavy atom. The lowest BCUT2D eigenvalue weighted by atomic mass is 9.73. The van der Waals surface area contributed by atoms with Crippen LogP contribution < -0.4 is 5.73 Å². The van der Waals surface area contributed by atoms with Gasteiger partial charge in [-0.15, -0.1) is 0 Å². The third kappa shape index (κ3) is 2.06. The lowest BCUT2D eigenvalue weighted by molar-refractivity contribution is 0.299. The summed E-state index contributed by atoms with van der Waals surface area (Å²) in [6, 6.07) is 2.09. The van der Waals surface area contributed by atoms with Crippen molar-refractivity contribution in [3.05, 3.63) is 23.4 Å². The van der Waals surface area contributed by atoms with Gasteiger partial charge >= 0.3 is 0 Å². The van der Waals surface area contributed by atoms with Gasteiger partial charge in [-0.25, -0.2) is 4.98 Å². The largest absolute Gasteiger partial charge is 0.383 e. The summed E-state index contributed by atoms with van der Waals surface area (Å²) >= 11 is 0. The minimum atomic E-state index is 0.646. The van der Waals surface area contributed by atoms with E-state index < -0.39 is 0 Å². The fraction of sp³-hybridized carbons (Fsp3) is 0.643. The molecule has 0 aliphatic heterocycles. The summed E-state index contributed by atoms with van der Waals surface area (Å²) in [7, 11) is 0. The summed E-state index contributed by atoms with van der Waals surface area (Å²) in [5, 5.41) is 0. The minimum Gasteiger partial charge on any atom is -0.383 e. The van der Waals surface area contributed by atoms with Crippen LogP contribution in [0.15, 0.2) is 12.3 Å². The fourth-order valence-corrected chi connectivity index (χ4v) is 3.15. The van der Waals surface area contributed by atoms with Crippen molar-refractivity contribution in [2.24, 2.45) is 5.92 Å². The maximum atomic E-state index is 6.06. The molecule has 1 aromatic rings. The maximum absolute atomic E-state index is 6.06. The Bertz CT molecular complexity index is 340. The molecule has 1 aliphatic carbocycles. The van der Waals surface area contributed by atoms with Gasteiger partial charge in [0.15, 0.2) is 0 Å². The smallest absolute Gasteiger partial charge is 0.127 e. The zero-order valence-electron chi connectivity index (χ0n) is 10.4. The third-order valence-corrected chi connectivity index (χ3v) is 4.04. The van der Waals surface area contributed by atoms with Crippen molar-refractivity contribution in [2.45, 2.75) is 51.9 Å². The van der Waals surface area contributed by atoms with E-state index in [1.165, 1.54) is 43.2 Å². The van der Waals surface area contributed by atoms with Gasteiger partial charge in [0.2, 0.25) is 0 Å². The van der Waals surface area contributed by atoms with Crippen LogP contribution in [0.5, 0.6) is 0 Å². The number of nitrogen functional groups attached to an aromatic ring is 1. The monoisotopic (exact) mass is 218 g/mol. The predicted octanol–water partition coefficient (Wildman–Crippen LogP) is 3.66. The third-order valence-electron chi connectivity index (χ3n) is 4.04. The Hall–Kier alpha value is -1.05. The second-order valence-corrected chi connectivity index (χ2v) is 4.99. The second-order valence-electron chi connectivity index (χ2n) is 4.99. The van der Waals surface area contributed by atoms with Crippen LogP contribution in [0.3, 0.4) is 0 Å². The summed E-state index contributed by atoms with van der Waals surface area (Å²) < 4.78 is 0. The van der Waals surface area contributed by atoms with E-state index in [-0.39, 0.29) is 0 Å². The van der Waals surface area contributed by atoms with Crippen LogP contribution in [-0.4, -0.2) is 4.98 Å². The molecule has 2 rings (SSSR count). The molecule has 1 fully saturated rings. The average Bonchev–Trinajstić information content (AvgIpc) is 2.29. The van der Waals surface area contributed by atoms with Crippen LogP contribution in [0.25, 0.3) is 0 Å². The van der Waals surface area contributed by atoms with Gasteiger partial charge in [-0.1, -0.05) is 26.2 Å². The van der Waals surface area contributed by atoms with Crippen molar-refractivity contribution in [3.8, 4) is 0 Å². The molecule has 0 aromatic carbocycles. The van der Waals surface area contributed by atoms with E-state index in [2.05, 4.69) is 24.9 Å². The second kappa shape index (κ2) is 4.86. The van der Waals surface area contributed by atoms with Crippen molar-refractivity contribution in [3.63, 3.8) is 0 Å². The quantitative estimate of drug-likeness (QED) is 0.822. The first-order valence-electron chi connectivity index (χ1n) is 6.45. The first-order valence-corrected chi connectivity index (χ1v) is 6.45. The van der Waals surface area contributed by atoms with E-state index in [0.29, 0.717) is 5.92 Å². The lowest BCUT2D eigenvalue weighted by Gasteiger charge is -2.32. The van der Waals surface area contributed by atoms with Gasteiger partial charge < -0.3 is 5.73 Å². The number of aryl methyl sites for hydroxylation is 1. The van der Waals surface area contributed by atoms with Crippen LogP contribution in [0.2, 0.25) is 0 Å². The number of anilines is 1. The molecule has 0 saturated heterocycles. The van der Waals surface area contributed by atoms with Gasteiger partial charge in [-0.2, -0.15) is 0 Å². The summed E-state index contributed by atoms with van der Waals surface area (Å²) in [6.45, 7) is 4.46. The van der Waals surface area contributed by atoms with Crippen molar-refractivity contribution in [1.29, 1.82) is 0 Å². The van der Waals surface area contributed by atoms with Crippen LogP contribution in [0.4, 0.5) is 5.82 Å². The lowest BCUT2D eigenvalue weighted by Crippen LogP contribution is -2.19. The molecule has 1 aliphatic rings. The highest BCUT2D eigenvalue weighted by Gasteiger charge is 2.27. The van der Waals surface area contributed by atoms with E-state index in [1.807, 2.05) is 6.20 Å². The van der Waals surface area contributed by atoms with Crippen molar-refractivity contribution in [1.82, 2.24) is 4.98 Å². The Labute approximate surface area is 98.3 Å².